The van der Waals surface area contributed by atoms with Gasteiger partial charge in [-0.15, -0.1) is 0 Å². The summed E-state index contributed by atoms with van der Waals surface area (Å²) in [5.41, 5.74) is 0.713. The molecule has 2 aliphatic rings. The first-order valence-electron chi connectivity index (χ1n) is 7.48. The molecule has 0 aromatic heterocycles. The maximum Gasteiger partial charge on any atom is 0.160 e. The van der Waals surface area contributed by atoms with Gasteiger partial charge in [-0.05, 0) is 67.7 Å². The molecule has 0 amide bonds. The predicted octanol–water partition coefficient (Wildman–Crippen LogP) is 4.71. The van der Waals surface area contributed by atoms with E-state index in [-0.39, 0.29) is 6.04 Å². The van der Waals surface area contributed by atoms with Crippen LogP contribution >= 0.6 is 11.6 Å². The normalized spacial score (nSPS) is 29.3. The third-order valence-corrected chi connectivity index (χ3v) is 5.07. The van der Waals surface area contributed by atoms with Crippen molar-refractivity contribution >= 4 is 11.6 Å². The lowest BCUT2D eigenvalue weighted by atomic mass is 9.89. The third kappa shape index (κ3) is 2.71. The van der Waals surface area contributed by atoms with E-state index in [2.05, 4.69) is 12.2 Å². The van der Waals surface area contributed by atoms with Crippen LogP contribution in [0.15, 0.2) is 12.1 Å². The van der Waals surface area contributed by atoms with Gasteiger partial charge in [0, 0.05) is 11.1 Å². The van der Waals surface area contributed by atoms with Gasteiger partial charge in [0.05, 0.1) is 0 Å². The molecule has 1 aromatic rings. The summed E-state index contributed by atoms with van der Waals surface area (Å²) in [6, 6.07) is 2.42. The topological polar surface area (TPSA) is 12.0 Å². The highest BCUT2D eigenvalue weighted by atomic mass is 35.5. The number of halogens is 3. The Hall–Kier alpha value is -0.670. The van der Waals surface area contributed by atoms with Gasteiger partial charge in [-0.1, -0.05) is 18.5 Å². The van der Waals surface area contributed by atoms with E-state index in [1.54, 1.807) is 0 Å². The van der Waals surface area contributed by atoms with E-state index in [0.29, 0.717) is 16.5 Å². The molecule has 0 aliphatic heterocycles. The Kier molecular flexibility index (Phi) is 4.00. The zero-order valence-corrected chi connectivity index (χ0v) is 12.4. The molecular formula is C16H20ClF2N. The first kappa shape index (κ1) is 14.3. The van der Waals surface area contributed by atoms with Crippen LogP contribution in [0.4, 0.5) is 8.78 Å². The number of benzene rings is 1. The minimum Gasteiger partial charge on any atom is -0.310 e. The molecule has 2 fully saturated rings. The van der Waals surface area contributed by atoms with Crippen LogP contribution in [-0.4, -0.2) is 6.54 Å². The fraction of sp³-hybridized carbons (Fsp3) is 0.625. The Morgan fingerprint density at radius 1 is 1.20 bits per heavy atom. The van der Waals surface area contributed by atoms with Crippen LogP contribution in [0.5, 0.6) is 0 Å². The molecule has 0 spiro atoms. The number of rotatable bonds is 5. The summed E-state index contributed by atoms with van der Waals surface area (Å²) in [6.45, 7) is 2.97. The Morgan fingerprint density at radius 2 is 1.85 bits per heavy atom. The quantitative estimate of drug-likeness (QED) is 0.777. The summed E-state index contributed by atoms with van der Waals surface area (Å²) < 4.78 is 26.8. The Bertz CT molecular complexity index is 495. The van der Waals surface area contributed by atoms with Crippen molar-refractivity contribution in [3.63, 3.8) is 0 Å². The van der Waals surface area contributed by atoms with Crippen molar-refractivity contribution in [3.05, 3.63) is 34.4 Å². The average molecular weight is 300 g/mol. The molecule has 3 unspecified atom stereocenters. The second-order valence-corrected chi connectivity index (χ2v) is 6.61. The van der Waals surface area contributed by atoms with Gasteiger partial charge in [0.15, 0.2) is 11.6 Å². The van der Waals surface area contributed by atoms with Crippen LogP contribution in [0.25, 0.3) is 0 Å². The van der Waals surface area contributed by atoms with E-state index in [1.807, 2.05) is 0 Å². The molecule has 1 nitrogen and oxygen atoms in total. The number of fused-ring (bicyclic) bond motifs is 1. The summed E-state index contributed by atoms with van der Waals surface area (Å²) in [5, 5.41) is 3.81. The van der Waals surface area contributed by atoms with Crippen molar-refractivity contribution in [1.29, 1.82) is 0 Å². The molecule has 1 aromatic carbocycles. The lowest BCUT2D eigenvalue weighted by Gasteiger charge is -2.27. The zero-order chi connectivity index (χ0) is 14.3. The first-order valence-corrected chi connectivity index (χ1v) is 7.85. The van der Waals surface area contributed by atoms with Crippen molar-refractivity contribution in [1.82, 2.24) is 5.32 Å². The van der Waals surface area contributed by atoms with Crippen molar-refractivity contribution in [2.75, 3.05) is 6.54 Å². The van der Waals surface area contributed by atoms with Crippen LogP contribution in [0.2, 0.25) is 5.02 Å². The van der Waals surface area contributed by atoms with Crippen molar-refractivity contribution in [2.24, 2.45) is 17.8 Å². The van der Waals surface area contributed by atoms with Crippen LogP contribution < -0.4 is 5.32 Å². The summed E-state index contributed by atoms with van der Waals surface area (Å²) in [4.78, 5) is 0. The largest absolute Gasteiger partial charge is 0.310 e. The van der Waals surface area contributed by atoms with Crippen molar-refractivity contribution < 1.29 is 8.78 Å². The zero-order valence-electron chi connectivity index (χ0n) is 11.6. The van der Waals surface area contributed by atoms with E-state index in [1.165, 1.54) is 25.3 Å². The molecule has 3 rings (SSSR count). The van der Waals surface area contributed by atoms with Crippen LogP contribution in [-0.2, 0) is 0 Å². The first-order chi connectivity index (χ1) is 9.60. The van der Waals surface area contributed by atoms with E-state index in [0.717, 1.165) is 30.9 Å². The molecule has 1 N–H and O–H groups in total. The smallest absolute Gasteiger partial charge is 0.160 e. The highest BCUT2D eigenvalue weighted by Gasteiger charge is 2.48. The van der Waals surface area contributed by atoms with Gasteiger partial charge in [0.2, 0.25) is 0 Å². The lowest BCUT2D eigenvalue weighted by Crippen LogP contribution is -2.29. The molecule has 2 aliphatic carbocycles. The molecule has 110 valence electrons. The van der Waals surface area contributed by atoms with Gasteiger partial charge in [-0.25, -0.2) is 8.78 Å². The maximum atomic E-state index is 13.6. The highest BCUT2D eigenvalue weighted by molar-refractivity contribution is 6.31. The van der Waals surface area contributed by atoms with Crippen LogP contribution in [0, 0.1) is 29.4 Å². The molecule has 0 bridgehead atoms. The van der Waals surface area contributed by atoms with E-state index >= 15 is 0 Å². The number of hydrogen-bond donors (Lipinski definition) is 1. The standard InChI is InChI=1S/C16H20ClF2N/c1-2-3-20-16(11-5-9-4-10(9)6-11)12-7-14(18)15(19)8-13(12)17/h7-11,16,20H,2-6H2,1H3. The summed E-state index contributed by atoms with van der Waals surface area (Å²) in [5.74, 6) is 0.524. The van der Waals surface area contributed by atoms with E-state index in [4.69, 9.17) is 11.6 Å². The number of hydrogen-bond acceptors (Lipinski definition) is 1. The molecule has 2 saturated carbocycles. The lowest BCUT2D eigenvalue weighted by molar-refractivity contribution is 0.340. The molecule has 20 heavy (non-hydrogen) atoms. The number of nitrogens with one attached hydrogen (secondary N) is 1. The monoisotopic (exact) mass is 299 g/mol. The predicted molar refractivity (Wildman–Crippen MR) is 76.7 cm³/mol. The molecule has 0 saturated heterocycles. The second kappa shape index (κ2) is 5.61. The SMILES string of the molecule is CCCNC(c1cc(F)c(F)cc1Cl)C1CC2CC2C1. The molecule has 0 radical (unpaired) electrons. The third-order valence-electron chi connectivity index (χ3n) is 4.74. The van der Waals surface area contributed by atoms with Crippen molar-refractivity contribution in [3.8, 4) is 0 Å². The summed E-state index contributed by atoms with van der Waals surface area (Å²) in [7, 11) is 0. The summed E-state index contributed by atoms with van der Waals surface area (Å²) in [6.07, 6.45) is 4.72. The second-order valence-electron chi connectivity index (χ2n) is 6.21. The van der Waals surface area contributed by atoms with Gasteiger partial charge in [0.25, 0.3) is 0 Å². The molecular weight excluding hydrogens is 280 g/mol. The van der Waals surface area contributed by atoms with Gasteiger partial charge in [-0.3, -0.25) is 0 Å². The Balaban J connectivity index is 1.86. The minimum atomic E-state index is -0.873. The highest BCUT2D eigenvalue weighted by Crippen LogP contribution is 2.57. The molecule has 3 atom stereocenters. The summed E-state index contributed by atoms with van der Waals surface area (Å²) >= 11 is 6.15. The van der Waals surface area contributed by atoms with Gasteiger partial charge < -0.3 is 5.32 Å². The average Bonchev–Trinajstić information content (AvgIpc) is 3.02. The fourth-order valence-electron chi connectivity index (χ4n) is 3.64. The molecule has 0 heterocycles. The van der Waals surface area contributed by atoms with Gasteiger partial charge in [-0.2, -0.15) is 0 Å². The minimum absolute atomic E-state index is 0.0466. The van der Waals surface area contributed by atoms with Gasteiger partial charge >= 0.3 is 0 Å². The Morgan fingerprint density at radius 3 is 2.50 bits per heavy atom. The van der Waals surface area contributed by atoms with Crippen LogP contribution in [0.3, 0.4) is 0 Å². The Labute approximate surface area is 123 Å². The van der Waals surface area contributed by atoms with Gasteiger partial charge in [0.1, 0.15) is 0 Å². The van der Waals surface area contributed by atoms with Crippen LogP contribution in [0.1, 0.15) is 44.2 Å². The van der Waals surface area contributed by atoms with E-state index in [9.17, 15) is 8.78 Å². The van der Waals surface area contributed by atoms with Crippen molar-refractivity contribution in [2.45, 2.75) is 38.6 Å². The maximum absolute atomic E-state index is 13.6. The molecule has 4 heteroatoms. The fourth-order valence-corrected chi connectivity index (χ4v) is 3.91. The van der Waals surface area contributed by atoms with E-state index < -0.39 is 11.6 Å².